The van der Waals surface area contributed by atoms with E-state index in [-0.39, 0.29) is 17.4 Å². The molecular weight excluding hydrogens is 252 g/mol. The van der Waals surface area contributed by atoms with Crippen LogP contribution in [0.15, 0.2) is 36.7 Å². The monoisotopic (exact) mass is 270 g/mol. The van der Waals surface area contributed by atoms with Gasteiger partial charge < -0.3 is 10.5 Å². The molecular formula is C15H18N4O. The Balaban J connectivity index is 2.12. The number of nitrogens with two attached hydrogens (primary N) is 1. The number of nitrogens with one attached hydrogen (secondary N) is 1. The molecule has 2 aromatic rings. The van der Waals surface area contributed by atoms with Gasteiger partial charge in [-0.25, -0.2) is 9.97 Å². The Kier molecular flexibility index (Phi) is 4.65. The minimum absolute atomic E-state index is 0.160. The molecule has 5 heteroatoms. The van der Waals surface area contributed by atoms with Crippen LogP contribution in [-0.4, -0.2) is 15.8 Å². The van der Waals surface area contributed by atoms with E-state index in [9.17, 15) is 0 Å². The summed E-state index contributed by atoms with van der Waals surface area (Å²) in [6.07, 6.45) is 6.42. The Morgan fingerprint density at radius 2 is 1.90 bits per heavy atom. The lowest BCUT2D eigenvalue weighted by Crippen LogP contribution is -2.15. The Morgan fingerprint density at radius 3 is 2.55 bits per heavy atom. The minimum atomic E-state index is -0.160. The number of hydrogen-bond acceptors (Lipinski definition) is 4. The molecule has 5 nitrogen and oxygen atoms in total. The third-order valence-corrected chi connectivity index (χ3v) is 2.88. The lowest BCUT2D eigenvalue weighted by Gasteiger charge is -2.08. The fraction of sp³-hybridized carbons (Fsp3) is 0.267. The SMILES string of the molecule is CCCCc1ccc(Oc2nccnc2C(=N)N)cc1. The summed E-state index contributed by atoms with van der Waals surface area (Å²) < 4.78 is 5.64. The van der Waals surface area contributed by atoms with E-state index < -0.39 is 0 Å². The van der Waals surface area contributed by atoms with Gasteiger partial charge in [-0.2, -0.15) is 0 Å². The Bertz CT molecular complexity index is 581. The van der Waals surface area contributed by atoms with Gasteiger partial charge in [0.25, 0.3) is 0 Å². The first kappa shape index (κ1) is 14.0. The van der Waals surface area contributed by atoms with E-state index in [0.29, 0.717) is 5.75 Å². The van der Waals surface area contributed by atoms with Crippen molar-refractivity contribution in [1.29, 1.82) is 5.41 Å². The van der Waals surface area contributed by atoms with Crippen LogP contribution in [0.3, 0.4) is 0 Å². The third-order valence-electron chi connectivity index (χ3n) is 2.88. The number of rotatable bonds is 6. The molecule has 0 fully saturated rings. The number of hydrogen-bond donors (Lipinski definition) is 2. The average molecular weight is 270 g/mol. The van der Waals surface area contributed by atoms with Crippen LogP contribution in [0.5, 0.6) is 11.6 Å². The molecule has 0 aliphatic heterocycles. The molecule has 1 aromatic heterocycles. The number of unbranched alkanes of at least 4 members (excludes halogenated alkanes) is 1. The van der Waals surface area contributed by atoms with Gasteiger partial charge >= 0.3 is 0 Å². The summed E-state index contributed by atoms with van der Waals surface area (Å²) in [5.41, 5.74) is 6.98. The summed E-state index contributed by atoms with van der Waals surface area (Å²) in [4.78, 5) is 8.06. The molecule has 0 saturated carbocycles. The van der Waals surface area contributed by atoms with E-state index in [1.54, 1.807) is 0 Å². The summed E-state index contributed by atoms with van der Waals surface area (Å²) >= 11 is 0. The molecule has 3 N–H and O–H groups in total. The largest absolute Gasteiger partial charge is 0.437 e. The van der Waals surface area contributed by atoms with Crippen molar-refractivity contribution >= 4 is 5.84 Å². The molecule has 0 bridgehead atoms. The first-order chi connectivity index (χ1) is 9.70. The fourth-order valence-electron chi connectivity index (χ4n) is 1.80. The van der Waals surface area contributed by atoms with Gasteiger partial charge in [-0.3, -0.25) is 5.41 Å². The van der Waals surface area contributed by atoms with Crippen molar-refractivity contribution < 1.29 is 4.74 Å². The highest BCUT2D eigenvalue weighted by atomic mass is 16.5. The molecule has 0 radical (unpaired) electrons. The van der Waals surface area contributed by atoms with Crippen molar-refractivity contribution in [3.8, 4) is 11.6 Å². The standard InChI is InChI=1S/C15H18N4O/c1-2-3-4-11-5-7-12(8-6-11)20-15-13(14(16)17)18-9-10-19-15/h5-10H,2-4H2,1H3,(H3,16,17). The van der Waals surface area contributed by atoms with Crippen LogP contribution in [0.2, 0.25) is 0 Å². The molecule has 0 amide bonds. The van der Waals surface area contributed by atoms with Crippen LogP contribution < -0.4 is 10.5 Å². The van der Waals surface area contributed by atoms with Gasteiger partial charge in [-0.15, -0.1) is 0 Å². The number of nitrogen functional groups attached to an aromatic ring is 1. The van der Waals surface area contributed by atoms with Crippen molar-refractivity contribution in [3.63, 3.8) is 0 Å². The second-order valence-corrected chi connectivity index (χ2v) is 4.47. The number of aromatic nitrogens is 2. The van der Waals surface area contributed by atoms with E-state index in [1.807, 2.05) is 24.3 Å². The molecule has 0 aliphatic carbocycles. The molecule has 104 valence electrons. The van der Waals surface area contributed by atoms with Gasteiger partial charge in [0, 0.05) is 12.4 Å². The van der Waals surface area contributed by atoms with Gasteiger partial charge in [0.05, 0.1) is 0 Å². The van der Waals surface area contributed by atoms with E-state index in [2.05, 4.69) is 16.9 Å². The topological polar surface area (TPSA) is 84.9 Å². The molecule has 1 aromatic carbocycles. The second-order valence-electron chi connectivity index (χ2n) is 4.47. The quantitative estimate of drug-likeness (QED) is 0.624. The molecule has 0 atom stereocenters. The maximum absolute atomic E-state index is 7.45. The normalized spacial score (nSPS) is 10.2. The van der Waals surface area contributed by atoms with E-state index in [1.165, 1.54) is 30.8 Å². The Morgan fingerprint density at radius 1 is 1.20 bits per heavy atom. The number of amidine groups is 1. The predicted molar refractivity (Wildman–Crippen MR) is 78.2 cm³/mol. The number of nitrogens with zero attached hydrogens (tertiary/aromatic N) is 2. The number of aryl methyl sites for hydroxylation is 1. The van der Waals surface area contributed by atoms with Gasteiger partial charge in [0.1, 0.15) is 11.6 Å². The zero-order valence-corrected chi connectivity index (χ0v) is 11.5. The van der Waals surface area contributed by atoms with Gasteiger partial charge in [-0.05, 0) is 30.5 Å². The molecule has 0 saturated heterocycles. The fourth-order valence-corrected chi connectivity index (χ4v) is 1.80. The highest BCUT2D eigenvalue weighted by molar-refractivity contribution is 5.95. The molecule has 0 aliphatic rings. The summed E-state index contributed by atoms with van der Waals surface area (Å²) in [5, 5.41) is 7.45. The van der Waals surface area contributed by atoms with Crippen LogP contribution in [0.1, 0.15) is 31.0 Å². The smallest absolute Gasteiger partial charge is 0.249 e. The van der Waals surface area contributed by atoms with Crippen LogP contribution in [0.25, 0.3) is 0 Å². The lowest BCUT2D eigenvalue weighted by atomic mass is 10.1. The van der Waals surface area contributed by atoms with Crippen molar-refractivity contribution in [2.24, 2.45) is 5.73 Å². The maximum Gasteiger partial charge on any atom is 0.249 e. The van der Waals surface area contributed by atoms with Crippen LogP contribution >= 0.6 is 0 Å². The minimum Gasteiger partial charge on any atom is -0.437 e. The molecule has 20 heavy (non-hydrogen) atoms. The molecule has 0 spiro atoms. The first-order valence-corrected chi connectivity index (χ1v) is 6.63. The van der Waals surface area contributed by atoms with Crippen molar-refractivity contribution in [3.05, 3.63) is 47.9 Å². The van der Waals surface area contributed by atoms with Crippen LogP contribution in [0, 0.1) is 5.41 Å². The third kappa shape index (κ3) is 3.54. The number of ether oxygens (including phenoxy) is 1. The summed E-state index contributed by atoms with van der Waals surface area (Å²) in [6.45, 7) is 2.18. The molecule has 1 heterocycles. The molecule has 2 rings (SSSR count). The van der Waals surface area contributed by atoms with Gasteiger partial charge in [0.15, 0.2) is 5.69 Å². The lowest BCUT2D eigenvalue weighted by molar-refractivity contribution is 0.458. The summed E-state index contributed by atoms with van der Waals surface area (Å²) in [5.74, 6) is 0.752. The van der Waals surface area contributed by atoms with Crippen LogP contribution in [-0.2, 0) is 6.42 Å². The van der Waals surface area contributed by atoms with Crippen molar-refractivity contribution in [1.82, 2.24) is 9.97 Å². The van der Waals surface area contributed by atoms with Crippen molar-refractivity contribution in [2.45, 2.75) is 26.2 Å². The maximum atomic E-state index is 7.45. The van der Waals surface area contributed by atoms with Gasteiger partial charge in [0.2, 0.25) is 5.88 Å². The van der Waals surface area contributed by atoms with Crippen LogP contribution in [0.4, 0.5) is 0 Å². The number of benzene rings is 1. The van der Waals surface area contributed by atoms with Crippen molar-refractivity contribution in [2.75, 3.05) is 0 Å². The van der Waals surface area contributed by atoms with E-state index in [0.717, 1.165) is 6.42 Å². The second kappa shape index (κ2) is 6.65. The Labute approximate surface area is 118 Å². The average Bonchev–Trinajstić information content (AvgIpc) is 2.47. The highest BCUT2D eigenvalue weighted by Crippen LogP contribution is 2.22. The highest BCUT2D eigenvalue weighted by Gasteiger charge is 2.10. The first-order valence-electron chi connectivity index (χ1n) is 6.63. The summed E-state index contributed by atoms with van der Waals surface area (Å²) in [6, 6.07) is 7.86. The summed E-state index contributed by atoms with van der Waals surface area (Å²) in [7, 11) is 0. The van der Waals surface area contributed by atoms with E-state index in [4.69, 9.17) is 15.9 Å². The predicted octanol–water partition coefficient (Wildman–Crippen LogP) is 2.90. The zero-order chi connectivity index (χ0) is 14.4. The van der Waals surface area contributed by atoms with Gasteiger partial charge in [-0.1, -0.05) is 25.5 Å². The Hall–Kier alpha value is -2.43. The zero-order valence-electron chi connectivity index (χ0n) is 11.5. The molecule has 0 unspecified atom stereocenters. The van der Waals surface area contributed by atoms with E-state index >= 15 is 0 Å².